The highest BCUT2D eigenvalue weighted by Gasteiger charge is 2.30. The number of hydrogen-bond donors (Lipinski definition) is 0. The maximum atomic E-state index is 13.5. The van der Waals surface area contributed by atoms with Gasteiger partial charge in [-0.15, -0.1) is 0 Å². The number of rotatable bonds is 4. The van der Waals surface area contributed by atoms with Crippen LogP contribution in [0.3, 0.4) is 0 Å². The molecule has 1 heterocycles. The third-order valence-electron chi connectivity index (χ3n) is 10.6. The molecule has 0 atom stereocenters. The van der Waals surface area contributed by atoms with Crippen molar-refractivity contribution in [3.63, 3.8) is 0 Å². The Labute approximate surface area is 303 Å². The van der Waals surface area contributed by atoms with E-state index in [4.69, 9.17) is 0 Å². The van der Waals surface area contributed by atoms with Crippen molar-refractivity contribution in [3.8, 4) is 39.1 Å². The van der Waals surface area contributed by atoms with Gasteiger partial charge in [-0.3, -0.25) is 0 Å². The molecule has 0 N–H and O–H groups in total. The van der Waals surface area contributed by atoms with Gasteiger partial charge in [0.15, 0.2) is 0 Å². The lowest BCUT2D eigenvalue weighted by atomic mass is 9.86. The molecular formula is C49H30F3N. The van der Waals surface area contributed by atoms with Crippen LogP contribution in [-0.2, 0) is 6.18 Å². The maximum absolute atomic E-state index is 13.5. The first kappa shape index (κ1) is 31.1. The third-order valence-corrected chi connectivity index (χ3v) is 10.6. The van der Waals surface area contributed by atoms with Crippen molar-refractivity contribution in [2.45, 2.75) is 6.18 Å². The zero-order valence-electron chi connectivity index (χ0n) is 28.4. The molecule has 53 heavy (non-hydrogen) atoms. The number of alkyl halides is 3. The smallest absolute Gasteiger partial charge is 0.309 e. The first-order valence-electron chi connectivity index (χ1n) is 17.7. The van der Waals surface area contributed by atoms with Crippen LogP contribution in [0.4, 0.5) is 13.2 Å². The molecule has 10 rings (SSSR count). The minimum Gasteiger partial charge on any atom is -0.309 e. The van der Waals surface area contributed by atoms with Crippen molar-refractivity contribution in [1.82, 2.24) is 4.57 Å². The van der Waals surface area contributed by atoms with Crippen molar-refractivity contribution in [2.24, 2.45) is 0 Å². The monoisotopic (exact) mass is 689 g/mol. The first-order valence-corrected chi connectivity index (χ1v) is 17.7. The van der Waals surface area contributed by atoms with Crippen molar-refractivity contribution in [1.29, 1.82) is 0 Å². The van der Waals surface area contributed by atoms with Gasteiger partial charge in [0.2, 0.25) is 0 Å². The highest BCUT2D eigenvalue weighted by molar-refractivity contribution is 6.21. The molecule has 0 radical (unpaired) electrons. The van der Waals surface area contributed by atoms with E-state index in [0.29, 0.717) is 0 Å². The molecular weight excluding hydrogens is 660 g/mol. The summed E-state index contributed by atoms with van der Waals surface area (Å²) in [6.45, 7) is 0. The SMILES string of the molecule is FC(F)(F)c1ccc(-c2c3ccccc3c(-c3ccc(-n4c5ccccc5c5cc(-c6ccc7ccccc7c6)ccc54)cc3)c3ccccc23)cc1. The average Bonchev–Trinajstić information content (AvgIpc) is 3.53. The summed E-state index contributed by atoms with van der Waals surface area (Å²) >= 11 is 0. The van der Waals surface area contributed by atoms with Gasteiger partial charge in [-0.2, -0.15) is 13.2 Å². The molecule has 4 heteroatoms. The highest BCUT2D eigenvalue weighted by atomic mass is 19.4. The van der Waals surface area contributed by atoms with E-state index in [-0.39, 0.29) is 0 Å². The predicted octanol–water partition coefficient (Wildman–Crippen LogP) is 14.3. The quantitative estimate of drug-likeness (QED) is 0.162. The zero-order valence-corrected chi connectivity index (χ0v) is 28.4. The molecule has 252 valence electrons. The molecule has 0 saturated heterocycles. The van der Waals surface area contributed by atoms with Crippen LogP contribution in [0, 0.1) is 0 Å². The Balaban J connectivity index is 1.11. The van der Waals surface area contributed by atoms with Crippen molar-refractivity contribution in [3.05, 3.63) is 188 Å². The van der Waals surface area contributed by atoms with Gasteiger partial charge in [0.05, 0.1) is 16.6 Å². The van der Waals surface area contributed by atoms with Crippen LogP contribution in [0.2, 0.25) is 0 Å². The van der Waals surface area contributed by atoms with E-state index >= 15 is 0 Å². The van der Waals surface area contributed by atoms with E-state index in [9.17, 15) is 13.2 Å². The number of aromatic nitrogens is 1. The largest absolute Gasteiger partial charge is 0.416 e. The van der Waals surface area contributed by atoms with Crippen molar-refractivity contribution >= 4 is 54.1 Å². The average molecular weight is 690 g/mol. The second-order valence-corrected chi connectivity index (χ2v) is 13.6. The van der Waals surface area contributed by atoms with Crippen LogP contribution in [0.1, 0.15) is 5.56 Å². The normalized spacial score (nSPS) is 12.1. The van der Waals surface area contributed by atoms with E-state index in [1.54, 1.807) is 12.1 Å². The van der Waals surface area contributed by atoms with Gasteiger partial charge in [0.25, 0.3) is 0 Å². The summed E-state index contributed by atoms with van der Waals surface area (Å²) in [6.07, 6.45) is -4.39. The topological polar surface area (TPSA) is 4.93 Å². The van der Waals surface area contributed by atoms with E-state index < -0.39 is 11.7 Å². The van der Waals surface area contributed by atoms with Crippen LogP contribution < -0.4 is 0 Å². The molecule has 0 aliphatic rings. The maximum Gasteiger partial charge on any atom is 0.416 e. The molecule has 0 aliphatic heterocycles. The Kier molecular flexibility index (Phi) is 7.02. The summed E-state index contributed by atoms with van der Waals surface area (Å²) in [5.41, 5.74) is 8.91. The minimum atomic E-state index is -4.39. The number of benzene rings is 9. The summed E-state index contributed by atoms with van der Waals surface area (Å²) in [5.74, 6) is 0. The molecule has 0 aliphatic carbocycles. The summed E-state index contributed by atoms with van der Waals surface area (Å²) in [4.78, 5) is 0. The molecule has 1 nitrogen and oxygen atoms in total. The van der Waals surface area contributed by atoms with Crippen LogP contribution >= 0.6 is 0 Å². The molecule has 1 aromatic heterocycles. The van der Waals surface area contributed by atoms with E-state index in [0.717, 1.165) is 60.5 Å². The lowest BCUT2D eigenvalue weighted by Crippen LogP contribution is -2.04. The van der Waals surface area contributed by atoms with Gasteiger partial charge < -0.3 is 4.57 Å². The second kappa shape index (κ2) is 12.0. The van der Waals surface area contributed by atoms with Crippen LogP contribution in [0.25, 0.3) is 93.2 Å². The van der Waals surface area contributed by atoms with Gasteiger partial charge in [-0.1, -0.05) is 133 Å². The van der Waals surface area contributed by atoms with Crippen LogP contribution in [-0.4, -0.2) is 4.57 Å². The molecule has 0 amide bonds. The number of halogens is 3. The number of nitrogens with zero attached hydrogens (tertiary/aromatic N) is 1. The summed E-state index contributed by atoms with van der Waals surface area (Å²) in [6, 6.07) is 61.1. The number of para-hydroxylation sites is 1. The second-order valence-electron chi connectivity index (χ2n) is 13.6. The van der Waals surface area contributed by atoms with Crippen molar-refractivity contribution < 1.29 is 13.2 Å². The van der Waals surface area contributed by atoms with Crippen LogP contribution in [0.15, 0.2) is 182 Å². The summed E-state index contributed by atoms with van der Waals surface area (Å²) in [5, 5.41) is 8.94. The fourth-order valence-corrected chi connectivity index (χ4v) is 8.15. The van der Waals surface area contributed by atoms with Crippen molar-refractivity contribution in [2.75, 3.05) is 0 Å². The summed E-state index contributed by atoms with van der Waals surface area (Å²) in [7, 11) is 0. The van der Waals surface area contributed by atoms with Gasteiger partial charge in [-0.05, 0) is 114 Å². The fraction of sp³-hybridized carbons (Fsp3) is 0.0204. The van der Waals surface area contributed by atoms with E-state index in [1.165, 1.54) is 44.8 Å². The Morgan fingerprint density at radius 2 is 0.792 bits per heavy atom. The minimum absolute atomic E-state index is 0.653. The number of hydrogen-bond acceptors (Lipinski definition) is 0. The standard InChI is InChI=1S/C49H30F3N/c50-49(51,52)37-24-19-32(20-25-37)47-40-12-3-5-14-42(40)48(43-15-6-4-13-41(43)47)33-21-26-38(27-22-33)53-45-16-8-7-11-39(45)44-30-36(23-28-46(44)53)35-18-17-31-9-1-2-10-34(31)29-35/h1-30H. The third kappa shape index (κ3) is 5.09. The Morgan fingerprint density at radius 3 is 1.40 bits per heavy atom. The molecule has 0 fully saturated rings. The lowest BCUT2D eigenvalue weighted by molar-refractivity contribution is -0.137. The number of fused-ring (bicyclic) bond motifs is 6. The Hall–Kier alpha value is -6.65. The lowest BCUT2D eigenvalue weighted by Gasteiger charge is -2.18. The Bertz CT molecular complexity index is 2970. The van der Waals surface area contributed by atoms with E-state index in [1.807, 2.05) is 24.3 Å². The summed E-state index contributed by atoms with van der Waals surface area (Å²) < 4.78 is 42.7. The molecule has 0 bridgehead atoms. The van der Waals surface area contributed by atoms with Gasteiger partial charge >= 0.3 is 6.18 Å². The Morgan fingerprint density at radius 1 is 0.340 bits per heavy atom. The highest BCUT2D eigenvalue weighted by Crippen LogP contribution is 2.45. The molecule has 0 spiro atoms. The van der Waals surface area contributed by atoms with Gasteiger partial charge in [0, 0.05) is 16.5 Å². The van der Waals surface area contributed by atoms with Gasteiger partial charge in [-0.25, -0.2) is 0 Å². The zero-order chi connectivity index (χ0) is 35.7. The van der Waals surface area contributed by atoms with E-state index in [2.05, 4.69) is 138 Å². The van der Waals surface area contributed by atoms with Gasteiger partial charge in [0.1, 0.15) is 0 Å². The van der Waals surface area contributed by atoms with Crippen LogP contribution in [0.5, 0.6) is 0 Å². The first-order chi connectivity index (χ1) is 25.9. The molecule has 0 unspecified atom stereocenters. The fourth-order valence-electron chi connectivity index (χ4n) is 8.15. The molecule has 9 aromatic carbocycles. The molecule has 10 aromatic rings. The molecule has 0 saturated carbocycles. The predicted molar refractivity (Wildman–Crippen MR) is 215 cm³/mol.